The van der Waals surface area contributed by atoms with Crippen LogP contribution in [0.1, 0.15) is 316 Å². The van der Waals surface area contributed by atoms with Crippen LogP contribution in [0.15, 0.2) is 24.3 Å². The van der Waals surface area contributed by atoms with Crippen LogP contribution in [0.5, 0.6) is 0 Å². The van der Waals surface area contributed by atoms with E-state index in [9.17, 15) is 45.6 Å². The molecule has 0 saturated carbocycles. The Kier molecular flexibility index (Phi) is 51.0. The van der Waals surface area contributed by atoms with Gasteiger partial charge < -0.3 is 65.1 Å². The Morgan fingerprint density at radius 1 is 0.422 bits per heavy atom. The predicted molar refractivity (Wildman–Crippen MR) is 337 cm³/mol. The van der Waals surface area contributed by atoms with Gasteiger partial charge in [0.2, 0.25) is 5.91 Å². The SMILES string of the molecule is CCCCCCCCCC/C=C\CCCCCCCCCCCCCCCCCCCCCCCCCCCCCC(=O)NC(COC1OC(CO)C(OC2OC(CO)C(O)C(O)C2O)C(O)C1O)C(O)/C=C/CCCCCCCCCC. The van der Waals surface area contributed by atoms with Crippen molar-refractivity contribution in [1.82, 2.24) is 5.32 Å². The Balaban J connectivity index is 1.51. The molecule has 490 valence electrons. The number of aliphatic hydroxyl groups is 8. The highest BCUT2D eigenvalue weighted by Crippen LogP contribution is 2.30. The molecule has 0 aromatic heterocycles. The molecular weight excluding hydrogens is 1050 g/mol. The van der Waals surface area contributed by atoms with E-state index in [0.29, 0.717) is 6.42 Å². The molecule has 0 bridgehead atoms. The summed E-state index contributed by atoms with van der Waals surface area (Å²) in [6.07, 6.45) is 51.5. The first-order chi connectivity index (χ1) is 40.6. The number of nitrogens with one attached hydrogen (secondary N) is 1. The number of amides is 1. The van der Waals surface area contributed by atoms with Crippen molar-refractivity contribution in [3.05, 3.63) is 24.3 Å². The van der Waals surface area contributed by atoms with Crippen molar-refractivity contribution < 1.29 is 64.6 Å². The number of carbonyl (C=O) groups excluding carboxylic acids is 1. The van der Waals surface area contributed by atoms with Crippen molar-refractivity contribution in [1.29, 1.82) is 0 Å². The summed E-state index contributed by atoms with van der Waals surface area (Å²) in [5.74, 6) is -0.235. The van der Waals surface area contributed by atoms with Gasteiger partial charge in [0.1, 0.15) is 48.8 Å². The molecule has 0 radical (unpaired) electrons. The highest BCUT2D eigenvalue weighted by Gasteiger charge is 2.51. The van der Waals surface area contributed by atoms with Crippen molar-refractivity contribution in [2.75, 3.05) is 19.8 Å². The average Bonchev–Trinajstić information content (AvgIpc) is 3.47. The van der Waals surface area contributed by atoms with Crippen LogP contribution in [0.2, 0.25) is 0 Å². The van der Waals surface area contributed by atoms with Gasteiger partial charge in [-0.15, -0.1) is 0 Å². The number of unbranched alkanes of at least 4 members (excludes halogenated alkanes) is 43. The third-order valence-corrected chi connectivity index (χ3v) is 17.4. The third kappa shape index (κ3) is 39.2. The lowest BCUT2D eigenvalue weighted by Crippen LogP contribution is -2.65. The van der Waals surface area contributed by atoms with Gasteiger partial charge in [-0.05, 0) is 44.9 Å². The second-order valence-electron chi connectivity index (χ2n) is 25.0. The van der Waals surface area contributed by atoms with E-state index in [0.717, 1.165) is 38.5 Å². The Labute approximate surface area is 507 Å². The van der Waals surface area contributed by atoms with Gasteiger partial charge >= 0.3 is 0 Å². The van der Waals surface area contributed by atoms with E-state index >= 15 is 0 Å². The van der Waals surface area contributed by atoms with Crippen molar-refractivity contribution in [2.24, 2.45) is 0 Å². The average molecular weight is 1180 g/mol. The minimum Gasteiger partial charge on any atom is -0.394 e. The summed E-state index contributed by atoms with van der Waals surface area (Å²) in [5, 5.41) is 87.0. The molecule has 12 atom stereocenters. The van der Waals surface area contributed by atoms with Gasteiger partial charge in [0.05, 0.1) is 32.0 Å². The lowest BCUT2D eigenvalue weighted by molar-refractivity contribution is -0.359. The third-order valence-electron chi connectivity index (χ3n) is 17.4. The topological polar surface area (TPSA) is 228 Å². The predicted octanol–water partition coefficient (Wildman–Crippen LogP) is 14.0. The van der Waals surface area contributed by atoms with Gasteiger partial charge in [-0.2, -0.15) is 0 Å². The van der Waals surface area contributed by atoms with E-state index in [4.69, 9.17) is 18.9 Å². The molecule has 2 saturated heterocycles. The second-order valence-corrected chi connectivity index (χ2v) is 25.0. The Morgan fingerprint density at radius 3 is 1.14 bits per heavy atom. The first kappa shape index (κ1) is 77.6. The molecule has 0 spiro atoms. The van der Waals surface area contributed by atoms with Gasteiger partial charge in [0, 0.05) is 6.42 Å². The minimum absolute atomic E-state index is 0.235. The summed E-state index contributed by atoms with van der Waals surface area (Å²) >= 11 is 0. The molecule has 9 N–H and O–H groups in total. The van der Waals surface area contributed by atoms with Gasteiger partial charge in [0.15, 0.2) is 12.6 Å². The summed E-state index contributed by atoms with van der Waals surface area (Å²) < 4.78 is 22.8. The number of ether oxygens (including phenoxy) is 4. The van der Waals surface area contributed by atoms with Crippen molar-refractivity contribution in [2.45, 2.75) is 389 Å². The first-order valence-electron chi connectivity index (χ1n) is 35.1. The van der Waals surface area contributed by atoms with Crippen molar-refractivity contribution in [3.8, 4) is 0 Å². The number of aliphatic hydroxyl groups excluding tert-OH is 8. The second kappa shape index (κ2) is 54.6. The van der Waals surface area contributed by atoms with Crippen LogP contribution in [0.25, 0.3) is 0 Å². The highest BCUT2D eigenvalue weighted by atomic mass is 16.7. The van der Waals surface area contributed by atoms with Crippen LogP contribution in [0, 0.1) is 0 Å². The molecule has 83 heavy (non-hydrogen) atoms. The minimum atomic E-state index is -1.79. The Hall–Kier alpha value is -1.53. The van der Waals surface area contributed by atoms with Gasteiger partial charge in [-0.1, -0.05) is 289 Å². The summed E-state index contributed by atoms with van der Waals surface area (Å²) in [7, 11) is 0. The smallest absolute Gasteiger partial charge is 0.220 e. The van der Waals surface area contributed by atoms with Crippen LogP contribution in [-0.4, -0.2) is 140 Å². The Bertz CT molecular complexity index is 1490. The molecule has 0 aromatic carbocycles. The molecule has 0 aliphatic carbocycles. The molecule has 2 heterocycles. The number of rotatable bonds is 58. The first-order valence-corrected chi connectivity index (χ1v) is 35.1. The number of hydrogen-bond donors (Lipinski definition) is 9. The molecule has 2 aliphatic heterocycles. The summed E-state index contributed by atoms with van der Waals surface area (Å²) in [6.45, 7) is 2.80. The maximum atomic E-state index is 13.2. The standard InChI is InChI=1S/C69H131NO13/c1-3-5-7-9-11-13-15-16-17-18-19-20-21-22-23-24-25-26-27-28-29-30-31-32-33-34-35-36-37-38-39-40-41-42-43-45-47-49-51-53-61(74)70-57(58(73)52-50-48-46-44-14-12-10-8-6-4-2)56-80-68-66(79)64(77)67(60(55-72)82-68)83-69-65(78)63(76)62(75)59(54-71)81-69/h18-19,50,52,57-60,62-69,71-73,75-79H,3-17,20-49,51,53-56H2,1-2H3,(H,70,74)/b19-18-,52-50+. The van der Waals surface area contributed by atoms with Crippen LogP contribution in [0.4, 0.5) is 0 Å². The number of hydrogen-bond acceptors (Lipinski definition) is 13. The lowest BCUT2D eigenvalue weighted by Gasteiger charge is -2.46. The molecule has 14 heteroatoms. The number of allylic oxidation sites excluding steroid dienone is 3. The zero-order chi connectivity index (χ0) is 60.2. The van der Waals surface area contributed by atoms with Crippen molar-refractivity contribution >= 4 is 5.91 Å². The largest absolute Gasteiger partial charge is 0.394 e. The van der Waals surface area contributed by atoms with Crippen molar-refractivity contribution in [3.63, 3.8) is 0 Å². The van der Waals surface area contributed by atoms with Crippen LogP contribution >= 0.6 is 0 Å². The molecule has 2 fully saturated rings. The van der Waals surface area contributed by atoms with E-state index < -0.39 is 86.8 Å². The lowest BCUT2D eigenvalue weighted by atomic mass is 9.97. The fourth-order valence-electron chi connectivity index (χ4n) is 11.8. The van der Waals surface area contributed by atoms with Gasteiger partial charge in [-0.25, -0.2) is 0 Å². The maximum absolute atomic E-state index is 13.2. The fraction of sp³-hybridized carbons (Fsp3) is 0.928. The number of carbonyl (C=O) groups is 1. The summed E-state index contributed by atoms with van der Waals surface area (Å²) in [5.41, 5.74) is 0. The molecule has 0 aromatic rings. The monoisotopic (exact) mass is 1180 g/mol. The normalized spacial score (nSPS) is 23.9. The van der Waals surface area contributed by atoms with Gasteiger partial charge in [0.25, 0.3) is 0 Å². The van der Waals surface area contributed by atoms with E-state index in [1.165, 1.54) is 250 Å². The van der Waals surface area contributed by atoms with Crippen LogP contribution < -0.4 is 5.32 Å². The summed E-state index contributed by atoms with van der Waals surface area (Å²) in [6, 6.07) is -0.910. The molecule has 2 aliphatic rings. The molecule has 2 rings (SSSR count). The molecular formula is C69H131NO13. The van der Waals surface area contributed by atoms with E-state index in [1.54, 1.807) is 6.08 Å². The van der Waals surface area contributed by atoms with Crippen LogP contribution in [0.3, 0.4) is 0 Å². The quantitative estimate of drug-likeness (QED) is 0.0204. The molecule has 1 amide bonds. The van der Waals surface area contributed by atoms with E-state index in [-0.39, 0.29) is 18.9 Å². The fourth-order valence-corrected chi connectivity index (χ4v) is 11.8. The highest BCUT2D eigenvalue weighted by molar-refractivity contribution is 5.76. The Morgan fingerprint density at radius 2 is 0.759 bits per heavy atom. The van der Waals surface area contributed by atoms with Gasteiger partial charge in [-0.3, -0.25) is 4.79 Å². The molecule has 14 nitrogen and oxygen atoms in total. The summed E-state index contributed by atoms with van der Waals surface area (Å²) in [4.78, 5) is 13.2. The molecule has 12 unspecified atom stereocenters. The van der Waals surface area contributed by atoms with Crippen LogP contribution in [-0.2, 0) is 23.7 Å². The van der Waals surface area contributed by atoms with E-state index in [1.807, 2.05) is 6.08 Å². The zero-order valence-electron chi connectivity index (χ0n) is 53.2. The zero-order valence-corrected chi connectivity index (χ0v) is 53.2. The maximum Gasteiger partial charge on any atom is 0.220 e. The van der Waals surface area contributed by atoms with E-state index in [2.05, 4.69) is 31.3 Å².